The second-order valence-electron chi connectivity index (χ2n) is 8.37. The third-order valence-corrected chi connectivity index (χ3v) is 6.21. The number of rotatable bonds is 5. The molecule has 1 N–H and O–H groups in total. The second kappa shape index (κ2) is 9.60. The number of nitrogens with zero attached hydrogens (tertiary/aromatic N) is 2. The van der Waals surface area contributed by atoms with Gasteiger partial charge >= 0.3 is 0 Å². The highest BCUT2D eigenvalue weighted by atomic mass is 35.5. The zero-order valence-corrected chi connectivity index (χ0v) is 20.0. The van der Waals surface area contributed by atoms with Crippen LogP contribution < -0.4 is 5.32 Å². The predicted octanol–water partition coefficient (Wildman–Crippen LogP) is 7.69. The van der Waals surface area contributed by atoms with Gasteiger partial charge in [0.2, 0.25) is 0 Å². The van der Waals surface area contributed by atoms with Gasteiger partial charge in [0.05, 0.1) is 16.1 Å². The largest absolute Gasteiger partial charge is 0.322 e. The molecular weight excluding hydrogens is 474 g/mol. The number of pyridine rings is 1. The number of nitro benzene ring substituents is 1. The number of non-ortho nitro benzene ring substituents is 1. The van der Waals surface area contributed by atoms with Crippen LogP contribution in [0.15, 0.2) is 97.1 Å². The van der Waals surface area contributed by atoms with Crippen LogP contribution in [0.4, 0.5) is 11.4 Å². The molecule has 0 atom stereocenters. The summed E-state index contributed by atoms with van der Waals surface area (Å²) in [6.07, 6.45) is 0. The van der Waals surface area contributed by atoms with Gasteiger partial charge in [-0.15, -0.1) is 0 Å². The van der Waals surface area contributed by atoms with Gasteiger partial charge in [0.1, 0.15) is 0 Å². The lowest BCUT2D eigenvalue weighted by Crippen LogP contribution is -2.12. The average Bonchev–Trinajstić information content (AvgIpc) is 2.90. The van der Waals surface area contributed by atoms with Gasteiger partial charge in [-0.05, 0) is 72.1 Å². The molecule has 0 aliphatic heterocycles. The molecule has 36 heavy (non-hydrogen) atoms. The number of carbonyl (C=O) groups excluding carboxylic acids is 1. The van der Waals surface area contributed by atoms with Gasteiger partial charge in [-0.2, -0.15) is 0 Å². The van der Waals surface area contributed by atoms with E-state index in [0.29, 0.717) is 27.5 Å². The number of anilines is 1. The number of nitro groups is 1. The Bertz CT molecular complexity index is 1620. The smallest absolute Gasteiger partial charge is 0.269 e. The van der Waals surface area contributed by atoms with Gasteiger partial charge < -0.3 is 5.32 Å². The molecule has 4 aromatic carbocycles. The second-order valence-corrected chi connectivity index (χ2v) is 8.81. The fraction of sp³-hybridized carbons (Fsp3) is 0.0345. The van der Waals surface area contributed by atoms with Gasteiger partial charge in [0.15, 0.2) is 0 Å². The molecule has 5 aromatic rings. The highest BCUT2D eigenvalue weighted by molar-refractivity contribution is 6.31. The van der Waals surface area contributed by atoms with Crippen molar-refractivity contribution in [2.75, 3.05) is 5.32 Å². The van der Waals surface area contributed by atoms with E-state index in [0.717, 1.165) is 27.6 Å². The molecule has 0 fully saturated rings. The summed E-state index contributed by atoms with van der Waals surface area (Å²) < 4.78 is 0. The van der Waals surface area contributed by atoms with E-state index in [1.165, 1.54) is 12.1 Å². The zero-order valence-electron chi connectivity index (χ0n) is 19.2. The van der Waals surface area contributed by atoms with E-state index in [-0.39, 0.29) is 11.6 Å². The number of aryl methyl sites for hydroxylation is 1. The number of hydrogen-bond acceptors (Lipinski definition) is 4. The molecule has 0 bridgehead atoms. The van der Waals surface area contributed by atoms with Crippen LogP contribution in [-0.4, -0.2) is 15.8 Å². The minimum atomic E-state index is -0.426. The molecule has 0 saturated heterocycles. The molecule has 176 valence electrons. The van der Waals surface area contributed by atoms with E-state index in [9.17, 15) is 14.9 Å². The monoisotopic (exact) mass is 493 g/mol. The summed E-state index contributed by atoms with van der Waals surface area (Å²) in [4.78, 5) is 28.5. The number of benzene rings is 4. The Balaban J connectivity index is 1.60. The molecule has 0 saturated carbocycles. The molecule has 7 heteroatoms. The zero-order chi connectivity index (χ0) is 25.2. The van der Waals surface area contributed by atoms with Gasteiger partial charge in [0.25, 0.3) is 11.6 Å². The maximum atomic E-state index is 13.1. The van der Waals surface area contributed by atoms with E-state index in [4.69, 9.17) is 16.6 Å². The third-order valence-electron chi connectivity index (χ3n) is 5.98. The molecule has 1 heterocycles. The van der Waals surface area contributed by atoms with Crippen molar-refractivity contribution in [3.05, 3.63) is 123 Å². The average molecular weight is 494 g/mol. The molecule has 0 radical (unpaired) electrons. The van der Waals surface area contributed by atoms with Gasteiger partial charge in [0, 0.05) is 39.4 Å². The van der Waals surface area contributed by atoms with Gasteiger partial charge in [-0.25, -0.2) is 4.98 Å². The highest BCUT2D eigenvalue weighted by Crippen LogP contribution is 2.33. The predicted molar refractivity (Wildman–Crippen MR) is 143 cm³/mol. The lowest BCUT2D eigenvalue weighted by molar-refractivity contribution is -0.384. The summed E-state index contributed by atoms with van der Waals surface area (Å²) in [7, 11) is 0. The molecule has 0 aliphatic rings. The van der Waals surface area contributed by atoms with Crippen molar-refractivity contribution in [1.29, 1.82) is 0 Å². The van der Waals surface area contributed by atoms with Crippen molar-refractivity contribution >= 4 is 39.8 Å². The first-order chi connectivity index (χ1) is 17.4. The van der Waals surface area contributed by atoms with Gasteiger partial charge in [-0.1, -0.05) is 48.0 Å². The number of fused-ring (bicyclic) bond motifs is 1. The minimum absolute atomic E-state index is 0.0217. The normalized spacial score (nSPS) is 10.8. The summed E-state index contributed by atoms with van der Waals surface area (Å²) in [5.74, 6) is -0.249. The van der Waals surface area contributed by atoms with Crippen molar-refractivity contribution < 1.29 is 9.72 Å². The minimum Gasteiger partial charge on any atom is -0.322 e. The van der Waals surface area contributed by atoms with Crippen molar-refractivity contribution in [2.45, 2.75) is 6.92 Å². The molecule has 0 aliphatic carbocycles. The highest BCUT2D eigenvalue weighted by Gasteiger charge is 2.15. The van der Waals surface area contributed by atoms with Crippen LogP contribution in [0.25, 0.3) is 33.3 Å². The Morgan fingerprint density at radius 2 is 1.64 bits per heavy atom. The van der Waals surface area contributed by atoms with Crippen LogP contribution in [0.3, 0.4) is 0 Å². The standard InChI is InChI=1S/C29H20ClN3O3/c1-18-7-11-22(30)16-27(18)32-29(34)21-10-14-26-25(15-21)24(19-5-3-2-4-6-19)17-28(31-26)20-8-12-23(13-9-20)33(35)36/h2-17H,1H3,(H,32,34). The Morgan fingerprint density at radius 1 is 0.889 bits per heavy atom. The third kappa shape index (κ3) is 4.67. The first-order valence-corrected chi connectivity index (χ1v) is 11.6. The SMILES string of the molecule is Cc1ccc(Cl)cc1NC(=O)c1ccc2nc(-c3ccc([N+](=O)[O-])cc3)cc(-c3ccccc3)c2c1. The van der Waals surface area contributed by atoms with Crippen molar-refractivity contribution in [3.63, 3.8) is 0 Å². The molecule has 0 unspecified atom stereocenters. The number of hydrogen-bond donors (Lipinski definition) is 1. The number of halogens is 1. The fourth-order valence-corrected chi connectivity index (χ4v) is 4.22. The van der Waals surface area contributed by atoms with E-state index in [1.807, 2.05) is 61.5 Å². The molecule has 0 spiro atoms. The Labute approximate surface area is 212 Å². The van der Waals surface area contributed by atoms with Crippen LogP contribution >= 0.6 is 11.6 Å². The van der Waals surface area contributed by atoms with Crippen molar-refractivity contribution in [2.24, 2.45) is 0 Å². The lowest BCUT2D eigenvalue weighted by atomic mass is 9.97. The van der Waals surface area contributed by atoms with E-state index < -0.39 is 4.92 Å². The Hall–Kier alpha value is -4.55. The summed E-state index contributed by atoms with van der Waals surface area (Å²) in [5, 5.41) is 15.4. The molecule has 5 rings (SSSR count). The van der Waals surface area contributed by atoms with Crippen LogP contribution in [-0.2, 0) is 0 Å². The lowest BCUT2D eigenvalue weighted by Gasteiger charge is -2.13. The van der Waals surface area contributed by atoms with Crippen LogP contribution in [0.5, 0.6) is 0 Å². The first kappa shape index (κ1) is 23.2. The van der Waals surface area contributed by atoms with Gasteiger partial charge in [-0.3, -0.25) is 14.9 Å². The fourth-order valence-electron chi connectivity index (χ4n) is 4.05. The maximum absolute atomic E-state index is 13.1. The maximum Gasteiger partial charge on any atom is 0.269 e. The summed E-state index contributed by atoms with van der Waals surface area (Å²) in [6, 6.07) is 28.8. The molecule has 1 amide bonds. The first-order valence-electron chi connectivity index (χ1n) is 11.2. The van der Waals surface area contributed by atoms with Crippen LogP contribution in [0, 0.1) is 17.0 Å². The molecule has 6 nitrogen and oxygen atoms in total. The number of amides is 1. The summed E-state index contributed by atoms with van der Waals surface area (Å²) >= 11 is 6.11. The van der Waals surface area contributed by atoms with E-state index >= 15 is 0 Å². The van der Waals surface area contributed by atoms with Crippen LogP contribution in [0.2, 0.25) is 5.02 Å². The quantitative estimate of drug-likeness (QED) is 0.201. The number of nitrogens with one attached hydrogen (secondary N) is 1. The summed E-state index contributed by atoms with van der Waals surface area (Å²) in [5.41, 5.74) is 6.10. The Morgan fingerprint density at radius 3 is 2.36 bits per heavy atom. The summed E-state index contributed by atoms with van der Waals surface area (Å²) in [6.45, 7) is 1.91. The van der Waals surface area contributed by atoms with E-state index in [2.05, 4.69) is 5.32 Å². The number of carbonyl (C=O) groups is 1. The van der Waals surface area contributed by atoms with Crippen LogP contribution in [0.1, 0.15) is 15.9 Å². The van der Waals surface area contributed by atoms with E-state index in [1.54, 1.807) is 30.3 Å². The number of aromatic nitrogens is 1. The topological polar surface area (TPSA) is 85.1 Å². The molecular formula is C29H20ClN3O3. The van der Waals surface area contributed by atoms with Crippen molar-refractivity contribution in [3.8, 4) is 22.4 Å². The Kier molecular flexibility index (Phi) is 6.19. The molecule has 1 aromatic heterocycles. The van der Waals surface area contributed by atoms with Crippen molar-refractivity contribution in [1.82, 2.24) is 4.98 Å².